The summed E-state index contributed by atoms with van der Waals surface area (Å²) in [6.45, 7) is 15.9. The fourth-order valence-electron chi connectivity index (χ4n) is 5.72. The molecule has 3 atom stereocenters. The fourth-order valence-corrected chi connectivity index (χ4v) is 7.28. The first-order valence-corrected chi connectivity index (χ1v) is 21.2. The van der Waals surface area contributed by atoms with E-state index in [1.54, 1.807) is 0 Å². The number of halogens is 4. The van der Waals surface area contributed by atoms with E-state index in [9.17, 15) is 26.6 Å². The van der Waals surface area contributed by atoms with Gasteiger partial charge in [0.1, 0.15) is 12.6 Å². The van der Waals surface area contributed by atoms with Crippen molar-refractivity contribution < 1.29 is 31.3 Å². The standard InChI is InChI=1S/C33H52F4N4O3SSi/c1-31(2,3)45(43)40-25(19-32(4,5)30(34)35)29-38-24-12-11-23(16-26(24)41(29)20-44-13-14-46(6,7)8)28(22-9-10-22)39-27(42)15-21-17-33(36,37)18-21/h11-12,16,21-22,25,28,30,40H,9-10,13-15,17-20H2,1-8H3,(H,39,42)/t25-,28+,45+/m0/s1. The van der Waals surface area contributed by atoms with E-state index in [1.807, 2.05) is 43.5 Å². The van der Waals surface area contributed by atoms with E-state index in [4.69, 9.17) is 9.72 Å². The van der Waals surface area contributed by atoms with E-state index in [0.717, 1.165) is 30.0 Å². The van der Waals surface area contributed by atoms with E-state index in [0.29, 0.717) is 17.9 Å². The molecule has 1 heterocycles. The van der Waals surface area contributed by atoms with Crippen molar-refractivity contribution in [1.82, 2.24) is 19.6 Å². The van der Waals surface area contributed by atoms with Gasteiger partial charge in [-0.3, -0.25) is 4.79 Å². The highest BCUT2D eigenvalue weighted by molar-refractivity contribution is 7.84. The van der Waals surface area contributed by atoms with Gasteiger partial charge in [-0.1, -0.05) is 39.6 Å². The largest absolute Gasteiger partial charge is 0.361 e. The SMILES string of the molecule is CC(C)(C[C@H](N[S@](=O)C(C)(C)C)c1nc2ccc([C@H](NC(=O)CC3CC(F)(F)C3)C3CC3)cc2n1COCC[Si](C)(C)C)C(F)F. The predicted molar refractivity (Wildman–Crippen MR) is 178 cm³/mol. The van der Waals surface area contributed by atoms with Gasteiger partial charge in [-0.2, -0.15) is 0 Å². The Morgan fingerprint density at radius 3 is 2.35 bits per heavy atom. The first-order valence-electron chi connectivity index (χ1n) is 16.4. The third-order valence-electron chi connectivity index (χ3n) is 8.87. The molecule has 2 N–H and O–H groups in total. The first kappa shape index (κ1) is 37.0. The van der Waals surface area contributed by atoms with Crippen LogP contribution in [0.5, 0.6) is 0 Å². The molecule has 1 aromatic heterocycles. The molecule has 0 bridgehead atoms. The number of alkyl halides is 4. The molecule has 2 aromatic rings. The van der Waals surface area contributed by atoms with Crippen molar-refractivity contribution in [3.05, 3.63) is 29.6 Å². The Balaban J connectivity index is 1.70. The number of amides is 1. The maximum Gasteiger partial charge on any atom is 0.248 e. The number of fused-ring (bicyclic) bond motifs is 1. The lowest BCUT2D eigenvalue weighted by atomic mass is 9.79. The number of carbonyl (C=O) groups excluding carboxylic acids is 1. The van der Waals surface area contributed by atoms with Crippen LogP contribution >= 0.6 is 0 Å². The summed E-state index contributed by atoms with van der Waals surface area (Å²) in [5.74, 6) is -2.51. The van der Waals surface area contributed by atoms with Crippen molar-refractivity contribution in [3.63, 3.8) is 0 Å². The second kappa shape index (κ2) is 14.0. The highest BCUT2D eigenvalue weighted by Crippen LogP contribution is 2.45. The maximum atomic E-state index is 14.2. The molecule has 0 radical (unpaired) electrons. The van der Waals surface area contributed by atoms with E-state index in [-0.39, 0.29) is 56.2 Å². The third-order valence-corrected chi connectivity index (χ3v) is 12.2. The second-order valence-corrected chi connectivity index (χ2v) is 23.9. The second-order valence-electron chi connectivity index (χ2n) is 16.3. The van der Waals surface area contributed by atoms with Crippen LogP contribution in [-0.4, -0.2) is 51.4 Å². The zero-order valence-corrected chi connectivity index (χ0v) is 30.3. The summed E-state index contributed by atoms with van der Waals surface area (Å²) in [6, 6.07) is 5.63. The summed E-state index contributed by atoms with van der Waals surface area (Å²) >= 11 is 0. The van der Waals surface area contributed by atoms with Gasteiger partial charge in [0.05, 0.1) is 38.8 Å². The van der Waals surface area contributed by atoms with Gasteiger partial charge in [0.25, 0.3) is 0 Å². The van der Waals surface area contributed by atoms with Gasteiger partial charge in [0, 0.05) is 39.4 Å². The molecule has 1 amide bonds. The number of ether oxygens (including phenoxy) is 1. The van der Waals surface area contributed by atoms with Crippen molar-refractivity contribution in [2.75, 3.05) is 6.61 Å². The van der Waals surface area contributed by atoms with Crippen LogP contribution in [0, 0.1) is 17.3 Å². The molecule has 2 fully saturated rings. The molecule has 13 heteroatoms. The number of nitrogens with zero attached hydrogens (tertiary/aromatic N) is 2. The van der Waals surface area contributed by atoms with Crippen molar-refractivity contribution in [2.24, 2.45) is 17.3 Å². The molecule has 2 aliphatic rings. The van der Waals surface area contributed by atoms with Crippen LogP contribution < -0.4 is 10.0 Å². The molecule has 4 rings (SSSR count). The molecule has 2 aliphatic carbocycles. The summed E-state index contributed by atoms with van der Waals surface area (Å²) < 4.78 is 79.0. The lowest BCUT2D eigenvalue weighted by molar-refractivity contribution is -0.134. The molecule has 46 heavy (non-hydrogen) atoms. The van der Waals surface area contributed by atoms with Crippen molar-refractivity contribution in [1.29, 1.82) is 0 Å². The van der Waals surface area contributed by atoms with Gasteiger partial charge in [0.15, 0.2) is 0 Å². The van der Waals surface area contributed by atoms with Crippen LogP contribution in [-0.2, 0) is 27.2 Å². The number of rotatable bonds is 16. The van der Waals surface area contributed by atoms with Gasteiger partial charge in [-0.05, 0) is 75.6 Å². The van der Waals surface area contributed by atoms with Crippen LogP contribution in [0.2, 0.25) is 25.7 Å². The van der Waals surface area contributed by atoms with Gasteiger partial charge < -0.3 is 14.6 Å². The zero-order valence-electron chi connectivity index (χ0n) is 28.5. The van der Waals surface area contributed by atoms with Gasteiger partial charge in [-0.15, -0.1) is 0 Å². The molecule has 0 spiro atoms. The molecule has 1 aromatic carbocycles. The first-order chi connectivity index (χ1) is 21.1. The molecule has 0 unspecified atom stereocenters. The Kier molecular flexibility index (Phi) is 11.2. The average Bonchev–Trinajstić information content (AvgIpc) is 3.67. The predicted octanol–water partition coefficient (Wildman–Crippen LogP) is 8.13. The molecule has 2 saturated carbocycles. The van der Waals surface area contributed by atoms with Crippen LogP contribution in [0.3, 0.4) is 0 Å². The highest BCUT2D eigenvalue weighted by atomic mass is 32.2. The Bertz CT molecular complexity index is 1390. The number of aromatic nitrogens is 2. The summed E-state index contributed by atoms with van der Waals surface area (Å²) in [5.41, 5.74) is 0.835. The Hall–Kier alpha value is -1.83. The summed E-state index contributed by atoms with van der Waals surface area (Å²) in [5, 5.41) is 3.11. The molecular weight excluding hydrogens is 637 g/mol. The number of imidazole rings is 1. The zero-order chi connectivity index (χ0) is 34.2. The minimum atomic E-state index is -2.67. The fraction of sp³-hybridized carbons (Fsp3) is 0.758. The Morgan fingerprint density at radius 2 is 1.80 bits per heavy atom. The molecule has 0 aliphatic heterocycles. The lowest BCUT2D eigenvalue weighted by Gasteiger charge is -2.34. The molecule has 0 saturated heterocycles. The minimum Gasteiger partial charge on any atom is -0.361 e. The van der Waals surface area contributed by atoms with Gasteiger partial charge in [-0.25, -0.2) is 31.5 Å². The number of hydrogen-bond donors (Lipinski definition) is 2. The number of hydrogen-bond acceptors (Lipinski definition) is 4. The van der Waals surface area contributed by atoms with Crippen LogP contribution in [0.25, 0.3) is 11.0 Å². The van der Waals surface area contributed by atoms with Crippen molar-refractivity contribution >= 4 is 36.0 Å². The molecular formula is C33H52F4N4O3SSi. The quantitative estimate of drug-likeness (QED) is 0.106. The Morgan fingerprint density at radius 1 is 1.15 bits per heavy atom. The topological polar surface area (TPSA) is 85.3 Å². The summed E-state index contributed by atoms with van der Waals surface area (Å²) in [4.78, 5) is 17.8. The molecule has 260 valence electrons. The molecule has 7 nitrogen and oxygen atoms in total. The van der Waals surface area contributed by atoms with E-state index in [1.165, 1.54) is 13.8 Å². The monoisotopic (exact) mass is 688 g/mol. The maximum absolute atomic E-state index is 14.2. The normalized spacial score (nSPS) is 19.7. The number of benzene rings is 1. The van der Waals surface area contributed by atoms with Crippen molar-refractivity contribution in [3.8, 4) is 0 Å². The van der Waals surface area contributed by atoms with Gasteiger partial charge in [0.2, 0.25) is 18.3 Å². The highest BCUT2D eigenvalue weighted by Gasteiger charge is 2.46. The van der Waals surface area contributed by atoms with E-state index < -0.39 is 47.6 Å². The summed E-state index contributed by atoms with van der Waals surface area (Å²) in [7, 11) is -2.95. The Labute approximate surface area is 274 Å². The smallest absolute Gasteiger partial charge is 0.248 e. The number of carbonyl (C=O) groups is 1. The summed E-state index contributed by atoms with van der Waals surface area (Å²) in [6.07, 6.45) is -1.16. The minimum absolute atomic E-state index is 0.0153. The number of nitrogens with one attached hydrogen (secondary N) is 2. The van der Waals surface area contributed by atoms with Crippen molar-refractivity contribution in [2.45, 2.75) is 135 Å². The van der Waals surface area contributed by atoms with Crippen LogP contribution in [0.1, 0.15) is 96.6 Å². The average molecular weight is 689 g/mol. The van der Waals surface area contributed by atoms with Crippen LogP contribution in [0.4, 0.5) is 17.6 Å². The van der Waals surface area contributed by atoms with Crippen LogP contribution in [0.15, 0.2) is 18.2 Å². The third kappa shape index (κ3) is 9.85. The lowest BCUT2D eigenvalue weighted by Crippen LogP contribution is -2.39. The van der Waals surface area contributed by atoms with E-state index >= 15 is 0 Å². The van der Waals surface area contributed by atoms with Gasteiger partial charge >= 0.3 is 0 Å². The van der Waals surface area contributed by atoms with E-state index in [2.05, 4.69) is 29.7 Å².